The van der Waals surface area contributed by atoms with Gasteiger partial charge in [0, 0.05) is 12.0 Å². The van der Waals surface area contributed by atoms with Crippen molar-refractivity contribution < 1.29 is 14.4 Å². The third-order valence-corrected chi connectivity index (χ3v) is 5.70. The first-order valence-corrected chi connectivity index (χ1v) is 10.4. The van der Waals surface area contributed by atoms with Crippen LogP contribution in [0.4, 0.5) is 11.4 Å². The van der Waals surface area contributed by atoms with E-state index in [1.165, 1.54) is 10.0 Å². The number of benzene rings is 3. The van der Waals surface area contributed by atoms with Crippen LogP contribution >= 0.6 is 0 Å². The Balaban J connectivity index is 1.59. The number of anilines is 2. The van der Waals surface area contributed by atoms with Gasteiger partial charge in [0.05, 0.1) is 11.4 Å². The molecule has 0 saturated carbocycles. The third-order valence-electron chi connectivity index (χ3n) is 5.70. The van der Waals surface area contributed by atoms with Gasteiger partial charge in [-0.25, -0.2) is 10.0 Å². The maximum absolute atomic E-state index is 13.3. The van der Waals surface area contributed by atoms with Crippen LogP contribution in [-0.4, -0.2) is 17.6 Å². The summed E-state index contributed by atoms with van der Waals surface area (Å²) in [7, 11) is 0. The summed E-state index contributed by atoms with van der Waals surface area (Å²) < 4.78 is 0. The molecule has 0 atom stereocenters. The normalized spacial score (nSPS) is 14.4. The average Bonchev–Trinajstić information content (AvgIpc) is 3.04. The standard InChI is InChI=1S/C26H24N2O3/c1-18-13-14-20(17-19(18)2)24(29)16-15-23-25(30)27(21-9-5-3-6-10-21)28(26(23)31)22-11-7-4-8-12-22/h3-14,17,23H,15-16H2,1-2H3. The molecule has 5 nitrogen and oxygen atoms in total. The lowest BCUT2D eigenvalue weighted by atomic mass is 9.96. The minimum atomic E-state index is -0.893. The van der Waals surface area contributed by atoms with E-state index in [0.29, 0.717) is 16.9 Å². The van der Waals surface area contributed by atoms with Gasteiger partial charge in [0.15, 0.2) is 5.78 Å². The van der Waals surface area contributed by atoms with Gasteiger partial charge in [0.2, 0.25) is 0 Å². The van der Waals surface area contributed by atoms with Gasteiger partial charge in [0.1, 0.15) is 5.92 Å². The highest BCUT2D eigenvalue weighted by Crippen LogP contribution is 2.33. The van der Waals surface area contributed by atoms with Gasteiger partial charge in [-0.2, -0.15) is 0 Å². The van der Waals surface area contributed by atoms with Crippen LogP contribution in [0.5, 0.6) is 0 Å². The Kier molecular flexibility index (Phi) is 5.67. The highest BCUT2D eigenvalue weighted by Gasteiger charge is 2.46. The van der Waals surface area contributed by atoms with E-state index in [1.54, 1.807) is 30.3 Å². The molecule has 3 aromatic carbocycles. The van der Waals surface area contributed by atoms with E-state index in [4.69, 9.17) is 0 Å². The topological polar surface area (TPSA) is 57.7 Å². The van der Waals surface area contributed by atoms with E-state index in [2.05, 4.69) is 0 Å². The number of rotatable bonds is 6. The van der Waals surface area contributed by atoms with Crippen molar-refractivity contribution in [2.24, 2.45) is 5.92 Å². The molecule has 4 rings (SSSR count). The summed E-state index contributed by atoms with van der Waals surface area (Å²) in [6, 6.07) is 23.8. The predicted octanol–water partition coefficient (Wildman–Crippen LogP) is 4.88. The summed E-state index contributed by atoms with van der Waals surface area (Å²) in [5.74, 6) is -1.58. The first-order chi connectivity index (χ1) is 15.0. The van der Waals surface area contributed by atoms with Gasteiger partial charge in [-0.3, -0.25) is 14.4 Å². The fourth-order valence-corrected chi connectivity index (χ4v) is 3.80. The van der Waals surface area contributed by atoms with Crippen LogP contribution < -0.4 is 10.0 Å². The largest absolute Gasteiger partial charge is 0.294 e. The fourth-order valence-electron chi connectivity index (χ4n) is 3.80. The van der Waals surface area contributed by atoms with Crippen LogP contribution in [0, 0.1) is 19.8 Å². The number of Topliss-reactive ketones (excluding diaryl/α,β-unsaturated/α-hetero) is 1. The summed E-state index contributed by atoms with van der Waals surface area (Å²) in [4.78, 5) is 39.3. The van der Waals surface area contributed by atoms with Crippen LogP contribution in [0.1, 0.15) is 34.3 Å². The fraction of sp³-hybridized carbons (Fsp3) is 0.192. The molecule has 0 N–H and O–H groups in total. The second kappa shape index (κ2) is 8.56. The summed E-state index contributed by atoms with van der Waals surface area (Å²) in [6.45, 7) is 3.96. The summed E-state index contributed by atoms with van der Waals surface area (Å²) in [6.07, 6.45) is 0.312. The zero-order valence-corrected chi connectivity index (χ0v) is 17.6. The SMILES string of the molecule is Cc1ccc(C(=O)CCC2C(=O)N(c3ccccc3)N(c3ccccc3)C2=O)cc1C. The van der Waals surface area contributed by atoms with Crippen molar-refractivity contribution in [3.05, 3.63) is 95.6 Å². The van der Waals surface area contributed by atoms with Crippen LogP contribution in [0.25, 0.3) is 0 Å². The molecule has 156 valence electrons. The van der Waals surface area contributed by atoms with Crippen molar-refractivity contribution in [2.75, 3.05) is 10.0 Å². The summed E-state index contributed by atoms with van der Waals surface area (Å²) >= 11 is 0. The number of aryl methyl sites for hydroxylation is 2. The maximum Gasteiger partial charge on any atom is 0.258 e. The van der Waals surface area contributed by atoms with Crippen LogP contribution in [0.2, 0.25) is 0 Å². The zero-order chi connectivity index (χ0) is 22.0. The molecule has 0 bridgehead atoms. The monoisotopic (exact) mass is 412 g/mol. The second-order valence-electron chi connectivity index (χ2n) is 7.78. The lowest BCUT2D eigenvalue weighted by Crippen LogP contribution is -2.41. The molecular formula is C26H24N2O3. The number of nitrogens with zero attached hydrogens (tertiary/aromatic N) is 2. The average molecular weight is 412 g/mol. The molecular weight excluding hydrogens is 388 g/mol. The van der Waals surface area contributed by atoms with Gasteiger partial charge in [-0.15, -0.1) is 0 Å². The van der Waals surface area contributed by atoms with Crippen molar-refractivity contribution in [2.45, 2.75) is 26.7 Å². The Bertz CT molecular complexity index is 1070. The first-order valence-electron chi connectivity index (χ1n) is 10.4. The first kappa shape index (κ1) is 20.5. The zero-order valence-electron chi connectivity index (χ0n) is 17.6. The Morgan fingerprint density at radius 2 is 1.26 bits per heavy atom. The minimum Gasteiger partial charge on any atom is -0.294 e. The number of hydrazine groups is 1. The molecule has 0 aromatic heterocycles. The van der Waals surface area contributed by atoms with E-state index < -0.39 is 5.92 Å². The molecule has 3 aromatic rings. The smallest absolute Gasteiger partial charge is 0.258 e. The van der Waals surface area contributed by atoms with Crippen LogP contribution in [-0.2, 0) is 9.59 Å². The summed E-state index contributed by atoms with van der Waals surface area (Å²) in [5, 5.41) is 2.84. The van der Waals surface area contributed by atoms with Crippen LogP contribution in [0.3, 0.4) is 0 Å². The van der Waals surface area contributed by atoms with Crippen molar-refractivity contribution in [1.82, 2.24) is 0 Å². The molecule has 0 radical (unpaired) electrons. The van der Waals surface area contributed by atoms with E-state index in [0.717, 1.165) is 11.1 Å². The van der Waals surface area contributed by atoms with Gasteiger partial charge in [-0.05, 0) is 61.7 Å². The van der Waals surface area contributed by atoms with Gasteiger partial charge in [0.25, 0.3) is 11.8 Å². The molecule has 2 amide bonds. The number of ketones is 1. The van der Waals surface area contributed by atoms with Gasteiger partial charge >= 0.3 is 0 Å². The number of amides is 2. The molecule has 1 saturated heterocycles. The third kappa shape index (κ3) is 3.99. The Labute approximate surface area is 181 Å². The number of hydrogen-bond donors (Lipinski definition) is 0. The molecule has 1 aliphatic rings. The Morgan fingerprint density at radius 3 is 1.74 bits per heavy atom. The van der Waals surface area contributed by atoms with E-state index in [-0.39, 0.29) is 30.4 Å². The summed E-state index contributed by atoms with van der Waals surface area (Å²) in [5.41, 5.74) is 4.01. The number of carbonyl (C=O) groups excluding carboxylic acids is 3. The van der Waals surface area contributed by atoms with Crippen molar-refractivity contribution >= 4 is 29.0 Å². The molecule has 1 aliphatic heterocycles. The molecule has 0 spiro atoms. The Hall–Kier alpha value is -3.73. The molecule has 0 aliphatic carbocycles. The lowest BCUT2D eigenvalue weighted by molar-refractivity contribution is -0.127. The van der Waals surface area contributed by atoms with E-state index in [1.807, 2.05) is 62.4 Å². The highest BCUT2D eigenvalue weighted by atomic mass is 16.2. The highest BCUT2D eigenvalue weighted by molar-refractivity contribution is 6.23. The van der Waals surface area contributed by atoms with Gasteiger partial charge in [-0.1, -0.05) is 48.5 Å². The number of carbonyl (C=O) groups is 3. The molecule has 5 heteroatoms. The quantitative estimate of drug-likeness (QED) is 0.428. The predicted molar refractivity (Wildman–Crippen MR) is 121 cm³/mol. The van der Waals surface area contributed by atoms with Crippen molar-refractivity contribution in [1.29, 1.82) is 0 Å². The number of hydrogen-bond acceptors (Lipinski definition) is 3. The lowest BCUT2D eigenvalue weighted by Gasteiger charge is -2.27. The molecule has 1 heterocycles. The van der Waals surface area contributed by atoms with Crippen molar-refractivity contribution in [3.63, 3.8) is 0 Å². The minimum absolute atomic E-state index is 0.0619. The van der Waals surface area contributed by atoms with Gasteiger partial charge < -0.3 is 0 Å². The number of para-hydroxylation sites is 2. The van der Waals surface area contributed by atoms with E-state index in [9.17, 15) is 14.4 Å². The molecule has 1 fully saturated rings. The van der Waals surface area contributed by atoms with E-state index >= 15 is 0 Å². The molecule has 31 heavy (non-hydrogen) atoms. The Morgan fingerprint density at radius 1 is 0.742 bits per heavy atom. The second-order valence-corrected chi connectivity index (χ2v) is 7.78. The molecule has 0 unspecified atom stereocenters. The van der Waals surface area contributed by atoms with Crippen molar-refractivity contribution in [3.8, 4) is 0 Å². The maximum atomic E-state index is 13.3. The van der Waals surface area contributed by atoms with Crippen LogP contribution in [0.15, 0.2) is 78.9 Å².